The van der Waals surface area contributed by atoms with Gasteiger partial charge in [0.1, 0.15) is 0 Å². The third-order valence-electron chi connectivity index (χ3n) is 3.88. The summed E-state index contributed by atoms with van der Waals surface area (Å²) in [5, 5.41) is 2.73. The van der Waals surface area contributed by atoms with Crippen molar-refractivity contribution in [1.82, 2.24) is 5.32 Å². The van der Waals surface area contributed by atoms with Gasteiger partial charge in [0.05, 0.1) is 0 Å². The Morgan fingerprint density at radius 1 is 1.08 bits per heavy atom. The molecule has 2 rings (SSSR count). The Kier molecular flexibility index (Phi) is 6.97. The molecule has 0 radical (unpaired) electrons. The maximum atomic E-state index is 11.8. The van der Waals surface area contributed by atoms with Crippen LogP contribution in [-0.2, 0) is 20.9 Å². The van der Waals surface area contributed by atoms with E-state index in [-0.39, 0.29) is 12.5 Å². The third kappa shape index (κ3) is 6.09. The minimum Gasteiger partial charge on any atom is -0.452 e. The van der Waals surface area contributed by atoms with Crippen molar-refractivity contribution in [2.75, 3.05) is 25.6 Å². The van der Waals surface area contributed by atoms with Crippen molar-refractivity contribution in [3.8, 4) is 0 Å². The van der Waals surface area contributed by atoms with Crippen molar-refractivity contribution < 1.29 is 14.3 Å². The minimum atomic E-state index is -0.543. The van der Waals surface area contributed by atoms with Gasteiger partial charge in [0.15, 0.2) is 6.61 Å². The van der Waals surface area contributed by atoms with Crippen LogP contribution in [0, 0.1) is 6.92 Å². The molecule has 0 atom stereocenters. The van der Waals surface area contributed by atoms with E-state index in [9.17, 15) is 9.59 Å². The maximum absolute atomic E-state index is 11.8. The largest absolute Gasteiger partial charge is 0.452 e. The Balaban J connectivity index is 1.74. The number of hydrogen-bond donors (Lipinski definition) is 1. The molecule has 136 valence electrons. The molecule has 0 bridgehead atoms. The molecule has 2 aromatic carbocycles. The summed E-state index contributed by atoms with van der Waals surface area (Å²) in [5.74, 6) is -0.877. The van der Waals surface area contributed by atoms with Gasteiger partial charge >= 0.3 is 5.97 Å². The minimum absolute atomic E-state index is 0.299. The van der Waals surface area contributed by atoms with Gasteiger partial charge in [0.25, 0.3) is 5.91 Å². The molecule has 0 fully saturated rings. The fraction of sp³-hybridized carbons (Fsp3) is 0.238. The topological polar surface area (TPSA) is 58.6 Å². The number of benzene rings is 2. The number of carbonyl (C=O) groups excluding carboxylic acids is 2. The Hall–Kier alpha value is -3.08. The van der Waals surface area contributed by atoms with Gasteiger partial charge in [-0.1, -0.05) is 36.4 Å². The summed E-state index contributed by atoms with van der Waals surface area (Å²) >= 11 is 0. The Bertz CT molecular complexity index is 780. The number of rotatable bonds is 7. The van der Waals surface area contributed by atoms with Crippen LogP contribution in [-0.4, -0.2) is 32.6 Å². The number of anilines is 1. The van der Waals surface area contributed by atoms with E-state index in [1.54, 1.807) is 6.08 Å². The fourth-order valence-corrected chi connectivity index (χ4v) is 2.28. The van der Waals surface area contributed by atoms with Crippen molar-refractivity contribution in [3.63, 3.8) is 0 Å². The first-order valence-corrected chi connectivity index (χ1v) is 8.39. The highest BCUT2D eigenvalue weighted by Crippen LogP contribution is 2.12. The predicted molar refractivity (Wildman–Crippen MR) is 104 cm³/mol. The summed E-state index contributed by atoms with van der Waals surface area (Å²) in [7, 11) is 3.94. The number of carbonyl (C=O) groups is 2. The first-order valence-electron chi connectivity index (χ1n) is 8.39. The second kappa shape index (κ2) is 9.42. The number of ether oxygens (including phenoxy) is 1. The molecule has 26 heavy (non-hydrogen) atoms. The molecule has 0 saturated carbocycles. The quantitative estimate of drug-likeness (QED) is 0.615. The molecule has 0 aliphatic rings. The smallest absolute Gasteiger partial charge is 0.331 e. The van der Waals surface area contributed by atoms with Crippen LogP contribution >= 0.6 is 0 Å². The molecule has 5 nitrogen and oxygen atoms in total. The lowest BCUT2D eigenvalue weighted by atomic mass is 10.1. The van der Waals surface area contributed by atoms with Gasteiger partial charge < -0.3 is 15.0 Å². The standard InChI is InChI=1S/C21H24N2O3/c1-16-6-4-5-7-18(16)10-13-21(25)26-15-20(24)22-14-17-8-11-19(12-9-17)23(2)3/h4-13H,14-15H2,1-3H3,(H,22,24)/b13-10+. The number of nitrogens with one attached hydrogen (secondary N) is 1. The fourth-order valence-electron chi connectivity index (χ4n) is 2.28. The normalized spacial score (nSPS) is 10.6. The van der Waals surface area contributed by atoms with E-state index < -0.39 is 5.97 Å². The van der Waals surface area contributed by atoms with Crippen LogP contribution in [0.4, 0.5) is 5.69 Å². The summed E-state index contributed by atoms with van der Waals surface area (Å²) in [6, 6.07) is 15.6. The van der Waals surface area contributed by atoms with E-state index in [2.05, 4.69) is 5.32 Å². The summed E-state index contributed by atoms with van der Waals surface area (Å²) in [4.78, 5) is 25.5. The van der Waals surface area contributed by atoms with Gasteiger partial charge in [-0.3, -0.25) is 4.79 Å². The molecule has 5 heteroatoms. The lowest BCUT2D eigenvalue weighted by Crippen LogP contribution is -2.28. The van der Waals surface area contributed by atoms with Crippen LogP contribution in [0.1, 0.15) is 16.7 Å². The van der Waals surface area contributed by atoms with E-state index in [0.717, 1.165) is 22.4 Å². The van der Waals surface area contributed by atoms with Crippen molar-refractivity contribution in [3.05, 3.63) is 71.3 Å². The van der Waals surface area contributed by atoms with Gasteiger partial charge in [0, 0.05) is 32.4 Å². The zero-order valence-electron chi connectivity index (χ0n) is 15.4. The van der Waals surface area contributed by atoms with Crippen LogP contribution in [0.25, 0.3) is 6.08 Å². The van der Waals surface area contributed by atoms with Crippen LogP contribution in [0.15, 0.2) is 54.6 Å². The summed E-state index contributed by atoms with van der Waals surface area (Å²) in [5.41, 5.74) is 4.08. The highest BCUT2D eigenvalue weighted by atomic mass is 16.5. The first-order chi connectivity index (χ1) is 12.5. The van der Waals surface area contributed by atoms with Gasteiger partial charge in [-0.2, -0.15) is 0 Å². The monoisotopic (exact) mass is 352 g/mol. The lowest BCUT2D eigenvalue weighted by molar-refractivity contribution is -0.143. The number of hydrogen-bond acceptors (Lipinski definition) is 4. The van der Waals surface area contributed by atoms with Crippen LogP contribution in [0.5, 0.6) is 0 Å². The highest BCUT2D eigenvalue weighted by molar-refractivity contribution is 5.89. The highest BCUT2D eigenvalue weighted by Gasteiger charge is 2.05. The molecule has 2 aromatic rings. The van der Waals surface area contributed by atoms with E-state index in [0.29, 0.717) is 6.54 Å². The number of esters is 1. The molecule has 0 saturated heterocycles. The second-order valence-corrected chi connectivity index (χ2v) is 6.14. The van der Waals surface area contributed by atoms with E-state index in [4.69, 9.17) is 4.74 Å². The van der Waals surface area contributed by atoms with E-state index >= 15 is 0 Å². The molecule has 0 unspecified atom stereocenters. The number of amides is 1. The molecule has 1 amide bonds. The lowest BCUT2D eigenvalue weighted by Gasteiger charge is -2.12. The average Bonchev–Trinajstić information content (AvgIpc) is 2.64. The molecule has 1 N–H and O–H groups in total. The average molecular weight is 352 g/mol. The Labute approximate surface area is 154 Å². The number of aryl methyl sites for hydroxylation is 1. The molecule has 0 aromatic heterocycles. The third-order valence-corrected chi connectivity index (χ3v) is 3.88. The van der Waals surface area contributed by atoms with E-state index in [1.807, 2.05) is 74.4 Å². The molecule has 0 aliphatic heterocycles. The van der Waals surface area contributed by atoms with Crippen LogP contribution in [0.2, 0.25) is 0 Å². The predicted octanol–water partition coefficient (Wildman–Crippen LogP) is 2.93. The van der Waals surface area contributed by atoms with Crippen LogP contribution in [0.3, 0.4) is 0 Å². The second-order valence-electron chi connectivity index (χ2n) is 6.14. The molecule has 0 heterocycles. The SMILES string of the molecule is Cc1ccccc1/C=C/C(=O)OCC(=O)NCc1ccc(N(C)C)cc1. The van der Waals surface area contributed by atoms with Gasteiger partial charge in [0.2, 0.25) is 0 Å². The van der Waals surface area contributed by atoms with Gasteiger partial charge in [-0.05, 0) is 41.8 Å². The first kappa shape index (κ1) is 19.2. The van der Waals surface area contributed by atoms with Gasteiger partial charge in [-0.25, -0.2) is 4.79 Å². The van der Waals surface area contributed by atoms with Crippen LogP contribution < -0.4 is 10.2 Å². The summed E-state index contributed by atoms with van der Waals surface area (Å²) in [6.45, 7) is 2.05. The molecular formula is C21H24N2O3. The zero-order valence-corrected chi connectivity index (χ0v) is 15.4. The number of nitrogens with zero attached hydrogens (tertiary/aromatic N) is 1. The van der Waals surface area contributed by atoms with Gasteiger partial charge in [-0.15, -0.1) is 0 Å². The van der Waals surface area contributed by atoms with Crippen molar-refractivity contribution in [1.29, 1.82) is 0 Å². The van der Waals surface area contributed by atoms with Crippen molar-refractivity contribution in [2.24, 2.45) is 0 Å². The van der Waals surface area contributed by atoms with Crippen molar-refractivity contribution in [2.45, 2.75) is 13.5 Å². The molecular weight excluding hydrogens is 328 g/mol. The molecule has 0 aliphatic carbocycles. The summed E-state index contributed by atoms with van der Waals surface area (Å²) in [6.07, 6.45) is 3.01. The Morgan fingerprint density at radius 3 is 2.42 bits per heavy atom. The molecule has 0 spiro atoms. The van der Waals surface area contributed by atoms with Crippen molar-refractivity contribution >= 4 is 23.6 Å². The maximum Gasteiger partial charge on any atom is 0.331 e. The van der Waals surface area contributed by atoms with E-state index in [1.165, 1.54) is 6.08 Å². The Morgan fingerprint density at radius 2 is 1.77 bits per heavy atom. The summed E-state index contributed by atoms with van der Waals surface area (Å²) < 4.78 is 4.96. The zero-order chi connectivity index (χ0) is 18.9.